The lowest BCUT2D eigenvalue weighted by atomic mass is 9.94. The molecule has 5 aromatic carbocycles. The predicted octanol–water partition coefficient (Wildman–Crippen LogP) is 8.01. The molecule has 0 fully saturated rings. The Morgan fingerprint density at radius 3 is 0.893 bits per heavy atom. The summed E-state index contributed by atoms with van der Waals surface area (Å²) in [5.41, 5.74) is 0. The molecular weight excluding hydrogens is 608 g/mol. The average Bonchev–Trinajstić information content (AvgIpc) is 2.68. The Hall–Kier alpha value is -1.20. The van der Waals surface area contributed by atoms with Crippen molar-refractivity contribution in [2.45, 2.75) is 0 Å². The smallest absolute Gasteiger partial charge is 0.0616 e. The van der Waals surface area contributed by atoms with Gasteiger partial charge in [-0.1, -0.05) is 48.5 Å². The fourth-order valence-electron chi connectivity index (χ4n) is 4.01. The molecule has 0 spiro atoms. The van der Waals surface area contributed by atoms with Crippen LogP contribution in [0.2, 0.25) is 0 Å². The van der Waals surface area contributed by atoms with Crippen molar-refractivity contribution < 1.29 is 0 Å². The SMILES string of the molecule is BrC(Br)=c1c2cc3ccccc3cc2c(=C(Br)Br)c2cc3ccccc3cc12. The van der Waals surface area contributed by atoms with Crippen molar-refractivity contribution >= 4 is 114 Å². The van der Waals surface area contributed by atoms with E-state index in [1.54, 1.807) is 0 Å². The lowest BCUT2D eigenvalue weighted by Gasteiger charge is -2.12. The standard InChI is InChI=1S/C24H12Br4/c25-23(26)21-17-9-13-5-1-2-6-14(13)10-18(17)22(24(27)28)20-12-16-8-4-3-7-15(16)11-19(20)21/h1-12H. The molecule has 0 saturated heterocycles. The van der Waals surface area contributed by atoms with Gasteiger partial charge in [0, 0.05) is 10.4 Å². The van der Waals surface area contributed by atoms with Gasteiger partial charge in [-0.15, -0.1) is 0 Å². The molecule has 0 saturated carbocycles. The monoisotopic (exact) mass is 616 g/mol. The maximum absolute atomic E-state index is 3.72. The predicted molar refractivity (Wildman–Crippen MR) is 138 cm³/mol. The van der Waals surface area contributed by atoms with E-state index in [1.807, 2.05) is 0 Å². The Balaban J connectivity index is 2.22. The summed E-state index contributed by atoms with van der Waals surface area (Å²) in [6, 6.07) is 26.1. The molecular formula is C24H12Br4. The number of hydrogen-bond donors (Lipinski definition) is 0. The zero-order chi connectivity index (χ0) is 19.4. The van der Waals surface area contributed by atoms with Gasteiger partial charge in [-0.2, -0.15) is 0 Å². The fourth-order valence-corrected chi connectivity index (χ4v) is 5.71. The lowest BCUT2D eigenvalue weighted by Crippen LogP contribution is -2.16. The zero-order valence-electron chi connectivity index (χ0n) is 14.4. The maximum Gasteiger partial charge on any atom is 0.0688 e. The summed E-state index contributed by atoms with van der Waals surface area (Å²) in [7, 11) is 0. The van der Waals surface area contributed by atoms with Crippen LogP contribution in [0.25, 0.3) is 49.9 Å². The van der Waals surface area contributed by atoms with Crippen LogP contribution < -0.4 is 10.4 Å². The summed E-state index contributed by atoms with van der Waals surface area (Å²) in [5, 5.41) is 12.1. The van der Waals surface area contributed by atoms with E-state index in [1.165, 1.54) is 53.5 Å². The van der Waals surface area contributed by atoms with E-state index in [-0.39, 0.29) is 0 Å². The second-order valence-corrected chi connectivity index (χ2v) is 12.1. The molecule has 0 amide bonds. The first kappa shape index (κ1) is 18.8. The van der Waals surface area contributed by atoms with Crippen molar-refractivity contribution in [1.29, 1.82) is 0 Å². The minimum Gasteiger partial charge on any atom is -0.0616 e. The molecule has 0 heterocycles. The Morgan fingerprint density at radius 2 is 0.679 bits per heavy atom. The van der Waals surface area contributed by atoms with Gasteiger partial charge >= 0.3 is 0 Å². The van der Waals surface area contributed by atoms with Crippen molar-refractivity contribution in [3.05, 3.63) is 83.2 Å². The van der Waals surface area contributed by atoms with Crippen LogP contribution in [0.3, 0.4) is 0 Å². The van der Waals surface area contributed by atoms with Crippen LogP contribution >= 0.6 is 63.7 Å². The largest absolute Gasteiger partial charge is 0.0688 e. The van der Waals surface area contributed by atoms with Gasteiger partial charge in [0.25, 0.3) is 0 Å². The molecule has 0 N–H and O–H groups in total. The highest BCUT2D eigenvalue weighted by Crippen LogP contribution is 2.29. The van der Waals surface area contributed by atoms with E-state index in [2.05, 4.69) is 137 Å². The molecule has 0 unspecified atom stereocenters. The van der Waals surface area contributed by atoms with E-state index >= 15 is 0 Å². The van der Waals surface area contributed by atoms with Gasteiger partial charge in [0.15, 0.2) is 0 Å². The van der Waals surface area contributed by atoms with Crippen LogP contribution in [-0.2, 0) is 0 Å². The van der Waals surface area contributed by atoms with Crippen LogP contribution in [0.15, 0.2) is 72.8 Å². The quantitative estimate of drug-likeness (QED) is 0.154. The highest BCUT2D eigenvalue weighted by molar-refractivity contribution is 9.34. The Morgan fingerprint density at radius 1 is 0.429 bits per heavy atom. The summed E-state index contributed by atoms with van der Waals surface area (Å²) < 4.78 is 1.91. The molecule has 5 rings (SSSR count). The van der Waals surface area contributed by atoms with Gasteiger partial charge in [0.1, 0.15) is 0 Å². The summed E-state index contributed by atoms with van der Waals surface area (Å²) >= 11 is 14.9. The van der Waals surface area contributed by atoms with E-state index in [0.29, 0.717) is 0 Å². The Kier molecular flexibility index (Phi) is 4.87. The van der Waals surface area contributed by atoms with Crippen LogP contribution in [0.4, 0.5) is 0 Å². The maximum atomic E-state index is 3.72. The second-order valence-electron chi connectivity index (χ2n) is 6.76. The Labute approximate surface area is 195 Å². The molecule has 0 aromatic heterocycles. The van der Waals surface area contributed by atoms with Gasteiger partial charge in [0.2, 0.25) is 0 Å². The van der Waals surface area contributed by atoms with E-state index in [0.717, 1.165) is 6.78 Å². The number of rotatable bonds is 0. The highest BCUT2D eigenvalue weighted by atomic mass is 79.9. The minimum atomic E-state index is 0.956. The first-order chi connectivity index (χ1) is 13.5. The van der Waals surface area contributed by atoms with Crippen LogP contribution in [-0.4, -0.2) is 0 Å². The molecule has 0 radical (unpaired) electrons. The van der Waals surface area contributed by atoms with Crippen molar-refractivity contribution in [3.63, 3.8) is 0 Å². The number of halogens is 4. The van der Waals surface area contributed by atoms with Crippen LogP contribution in [0.5, 0.6) is 0 Å². The lowest BCUT2D eigenvalue weighted by molar-refractivity contribution is 1.72. The third-order valence-electron chi connectivity index (χ3n) is 5.23. The molecule has 0 aliphatic heterocycles. The highest BCUT2D eigenvalue weighted by Gasteiger charge is 2.12. The Bertz CT molecular complexity index is 1320. The third-order valence-corrected chi connectivity index (χ3v) is 6.81. The van der Waals surface area contributed by atoms with Gasteiger partial charge in [-0.3, -0.25) is 0 Å². The van der Waals surface area contributed by atoms with Gasteiger partial charge in [-0.05, 0) is 131 Å². The topological polar surface area (TPSA) is 0 Å². The van der Waals surface area contributed by atoms with Gasteiger partial charge < -0.3 is 0 Å². The zero-order valence-corrected chi connectivity index (χ0v) is 20.8. The van der Waals surface area contributed by atoms with E-state index < -0.39 is 0 Å². The molecule has 0 aliphatic carbocycles. The minimum absolute atomic E-state index is 0.956. The number of hydrogen-bond acceptors (Lipinski definition) is 0. The molecule has 5 aromatic rings. The van der Waals surface area contributed by atoms with Crippen molar-refractivity contribution in [2.24, 2.45) is 0 Å². The normalized spacial score (nSPS) is 11.6. The summed E-state index contributed by atoms with van der Waals surface area (Å²) in [6.45, 7) is 0. The second kappa shape index (κ2) is 7.24. The number of benzene rings is 5. The fraction of sp³-hybridized carbons (Fsp3) is 0. The van der Waals surface area contributed by atoms with Gasteiger partial charge in [-0.25, -0.2) is 0 Å². The van der Waals surface area contributed by atoms with Gasteiger partial charge in [0.05, 0.1) is 6.78 Å². The molecule has 4 heteroatoms. The summed E-state index contributed by atoms with van der Waals surface area (Å²) in [5.74, 6) is 0. The number of fused-ring (bicyclic) bond motifs is 4. The average molecular weight is 620 g/mol. The van der Waals surface area contributed by atoms with Crippen LogP contribution in [0.1, 0.15) is 0 Å². The summed E-state index contributed by atoms with van der Waals surface area (Å²) in [4.78, 5) is 0. The molecule has 0 bridgehead atoms. The third kappa shape index (κ3) is 2.97. The summed E-state index contributed by atoms with van der Waals surface area (Å²) in [6.07, 6.45) is 0. The molecule has 0 nitrogen and oxygen atoms in total. The first-order valence-corrected chi connectivity index (χ1v) is 11.9. The first-order valence-electron chi connectivity index (χ1n) is 8.72. The van der Waals surface area contributed by atoms with E-state index in [4.69, 9.17) is 0 Å². The van der Waals surface area contributed by atoms with E-state index in [9.17, 15) is 0 Å². The molecule has 0 atom stereocenters. The molecule has 0 aliphatic rings. The van der Waals surface area contributed by atoms with Crippen molar-refractivity contribution in [1.82, 2.24) is 0 Å². The van der Waals surface area contributed by atoms with Crippen molar-refractivity contribution in [2.75, 3.05) is 0 Å². The van der Waals surface area contributed by atoms with Crippen LogP contribution in [0, 0.1) is 0 Å². The molecule has 136 valence electrons. The molecule has 28 heavy (non-hydrogen) atoms. The van der Waals surface area contributed by atoms with Crippen molar-refractivity contribution in [3.8, 4) is 0 Å².